The summed E-state index contributed by atoms with van der Waals surface area (Å²) in [6.45, 7) is 2.35. The van der Waals surface area contributed by atoms with Gasteiger partial charge in [0, 0.05) is 6.04 Å². The molecule has 0 aromatic heterocycles. The lowest BCUT2D eigenvalue weighted by Gasteiger charge is -2.26. The van der Waals surface area contributed by atoms with Gasteiger partial charge in [0.1, 0.15) is 0 Å². The van der Waals surface area contributed by atoms with E-state index < -0.39 is 0 Å². The summed E-state index contributed by atoms with van der Waals surface area (Å²) in [5.41, 5.74) is 0. The molecule has 3 heteroatoms. The predicted molar refractivity (Wildman–Crippen MR) is 63.8 cm³/mol. The van der Waals surface area contributed by atoms with Crippen molar-refractivity contribution in [1.82, 2.24) is 14.7 Å². The van der Waals surface area contributed by atoms with Gasteiger partial charge in [-0.15, -0.1) is 0 Å². The van der Waals surface area contributed by atoms with E-state index in [1.165, 1.54) is 25.9 Å². The molecule has 0 fully saturated rings. The van der Waals surface area contributed by atoms with Crippen LogP contribution in [0.3, 0.4) is 0 Å². The highest BCUT2D eigenvalue weighted by atomic mass is 15.1. The lowest BCUT2D eigenvalue weighted by Crippen LogP contribution is -2.34. The lowest BCUT2D eigenvalue weighted by atomic mass is 10.1. The van der Waals surface area contributed by atoms with Gasteiger partial charge in [0.2, 0.25) is 0 Å². The van der Waals surface area contributed by atoms with E-state index in [-0.39, 0.29) is 0 Å². The third-order valence-corrected chi connectivity index (χ3v) is 2.55. The number of rotatable bonds is 7. The Balaban J connectivity index is 3.78. The normalized spacial score (nSPS) is 12.4. The molecule has 0 aliphatic rings. The van der Waals surface area contributed by atoms with E-state index in [0.717, 1.165) is 0 Å². The molecule has 0 heterocycles. The molecule has 0 N–H and O–H groups in total. The fourth-order valence-corrected chi connectivity index (χ4v) is 1.48. The first-order valence-electron chi connectivity index (χ1n) is 5.39. The third kappa shape index (κ3) is 7.30. The Morgan fingerprint density at radius 2 is 1.07 bits per heavy atom. The average Bonchev–Trinajstić information content (AvgIpc) is 2.02. The zero-order valence-electron chi connectivity index (χ0n) is 10.7. The van der Waals surface area contributed by atoms with Crippen molar-refractivity contribution in [2.24, 2.45) is 0 Å². The van der Waals surface area contributed by atoms with Gasteiger partial charge in [0.05, 0.1) is 0 Å². The first kappa shape index (κ1) is 13.9. The minimum Gasteiger partial charge on any atom is -0.309 e. The highest BCUT2D eigenvalue weighted by Crippen LogP contribution is 2.05. The molecular formula is C11H27N3. The van der Waals surface area contributed by atoms with Crippen molar-refractivity contribution in [1.29, 1.82) is 0 Å². The summed E-state index contributed by atoms with van der Waals surface area (Å²) in [5.74, 6) is 0. The van der Waals surface area contributed by atoms with Gasteiger partial charge >= 0.3 is 0 Å². The van der Waals surface area contributed by atoms with Crippen molar-refractivity contribution in [2.45, 2.75) is 18.9 Å². The quantitative estimate of drug-likeness (QED) is 0.604. The molecule has 0 aliphatic heterocycles. The number of hydrogen-bond acceptors (Lipinski definition) is 3. The van der Waals surface area contributed by atoms with Crippen LogP contribution >= 0.6 is 0 Å². The molecule has 0 aliphatic carbocycles. The molecule has 0 saturated carbocycles. The topological polar surface area (TPSA) is 9.72 Å². The van der Waals surface area contributed by atoms with Crippen molar-refractivity contribution in [2.75, 3.05) is 55.4 Å². The van der Waals surface area contributed by atoms with Crippen molar-refractivity contribution >= 4 is 0 Å². The third-order valence-electron chi connectivity index (χ3n) is 2.55. The zero-order chi connectivity index (χ0) is 11.1. The molecule has 0 atom stereocenters. The second kappa shape index (κ2) is 7.21. The Morgan fingerprint density at radius 3 is 1.29 bits per heavy atom. The summed E-state index contributed by atoms with van der Waals surface area (Å²) >= 11 is 0. The largest absolute Gasteiger partial charge is 0.309 e. The maximum Gasteiger partial charge on any atom is 0.0113 e. The molecular weight excluding hydrogens is 174 g/mol. The van der Waals surface area contributed by atoms with Gasteiger partial charge in [0.15, 0.2) is 0 Å². The molecule has 0 unspecified atom stereocenters. The van der Waals surface area contributed by atoms with E-state index in [4.69, 9.17) is 0 Å². The molecule has 0 radical (unpaired) electrons. The van der Waals surface area contributed by atoms with Gasteiger partial charge in [-0.25, -0.2) is 0 Å². The van der Waals surface area contributed by atoms with Crippen molar-refractivity contribution in [3.8, 4) is 0 Å². The van der Waals surface area contributed by atoms with Crippen LogP contribution in [-0.2, 0) is 0 Å². The van der Waals surface area contributed by atoms with Gasteiger partial charge in [-0.2, -0.15) is 0 Å². The SMILES string of the molecule is CN(C)CCC(CCN(C)C)N(C)C. The second-order valence-corrected chi connectivity index (χ2v) is 4.80. The molecule has 0 amide bonds. The van der Waals surface area contributed by atoms with Crippen LogP contribution in [0.5, 0.6) is 0 Å². The van der Waals surface area contributed by atoms with Crippen molar-refractivity contribution in [3.05, 3.63) is 0 Å². The first-order chi connectivity index (χ1) is 6.43. The Labute approximate surface area is 89.7 Å². The van der Waals surface area contributed by atoms with Crippen LogP contribution in [0.1, 0.15) is 12.8 Å². The fourth-order valence-electron chi connectivity index (χ4n) is 1.48. The van der Waals surface area contributed by atoms with E-state index in [9.17, 15) is 0 Å². The summed E-state index contributed by atoms with van der Waals surface area (Å²) in [6, 6.07) is 0.708. The van der Waals surface area contributed by atoms with E-state index in [1.54, 1.807) is 0 Å². The first-order valence-corrected chi connectivity index (χ1v) is 5.39. The highest BCUT2D eigenvalue weighted by molar-refractivity contribution is 4.68. The molecule has 14 heavy (non-hydrogen) atoms. The van der Waals surface area contributed by atoms with Gasteiger partial charge in [-0.1, -0.05) is 0 Å². The standard InChI is InChI=1S/C11H27N3/c1-12(2)9-7-11(14(5)6)8-10-13(3)4/h11H,7-10H2,1-6H3. The van der Waals surface area contributed by atoms with Crippen LogP contribution in [-0.4, -0.2) is 76.1 Å². The Kier molecular flexibility index (Phi) is 7.15. The van der Waals surface area contributed by atoms with Crippen molar-refractivity contribution < 1.29 is 0 Å². The molecule has 0 saturated heterocycles. The summed E-state index contributed by atoms with van der Waals surface area (Å²) in [6.07, 6.45) is 2.52. The maximum absolute atomic E-state index is 2.34. The maximum atomic E-state index is 2.34. The smallest absolute Gasteiger partial charge is 0.0113 e. The average molecular weight is 201 g/mol. The number of hydrogen-bond donors (Lipinski definition) is 0. The van der Waals surface area contributed by atoms with E-state index in [2.05, 4.69) is 57.0 Å². The van der Waals surface area contributed by atoms with Crippen LogP contribution in [0.15, 0.2) is 0 Å². The van der Waals surface area contributed by atoms with Crippen molar-refractivity contribution in [3.63, 3.8) is 0 Å². The molecule has 0 rings (SSSR count). The molecule has 0 aromatic rings. The zero-order valence-corrected chi connectivity index (χ0v) is 10.7. The highest BCUT2D eigenvalue weighted by Gasteiger charge is 2.11. The van der Waals surface area contributed by atoms with Crippen LogP contribution in [0, 0.1) is 0 Å². The molecule has 0 aromatic carbocycles. The van der Waals surface area contributed by atoms with Gasteiger partial charge in [-0.05, 0) is 68.2 Å². The van der Waals surface area contributed by atoms with Gasteiger partial charge < -0.3 is 14.7 Å². The summed E-state index contributed by atoms with van der Waals surface area (Å²) < 4.78 is 0. The lowest BCUT2D eigenvalue weighted by molar-refractivity contribution is 0.221. The Hall–Kier alpha value is -0.120. The minimum absolute atomic E-state index is 0.708. The monoisotopic (exact) mass is 201 g/mol. The molecule has 0 bridgehead atoms. The van der Waals surface area contributed by atoms with Crippen LogP contribution in [0.2, 0.25) is 0 Å². The molecule has 0 spiro atoms. The Morgan fingerprint density at radius 1 is 0.714 bits per heavy atom. The minimum atomic E-state index is 0.708. The summed E-state index contributed by atoms with van der Waals surface area (Å²) in [5, 5.41) is 0. The van der Waals surface area contributed by atoms with Crippen LogP contribution in [0.25, 0.3) is 0 Å². The molecule has 86 valence electrons. The summed E-state index contributed by atoms with van der Waals surface area (Å²) in [7, 11) is 12.9. The number of nitrogens with zero attached hydrogens (tertiary/aromatic N) is 3. The van der Waals surface area contributed by atoms with Crippen LogP contribution in [0.4, 0.5) is 0 Å². The van der Waals surface area contributed by atoms with Crippen LogP contribution < -0.4 is 0 Å². The van der Waals surface area contributed by atoms with E-state index in [0.29, 0.717) is 6.04 Å². The fraction of sp³-hybridized carbons (Fsp3) is 1.00. The summed E-state index contributed by atoms with van der Waals surface area (Å²) in [4.78, 5) is 6.85. The second-order valence-electron chi connectivity index (χ2n) is 4.80. The van der Waals surface area contributed by atoms with E-state index >= 15 is 0 Å². The predicted octanol–water partition coefficient (Wildman–Crippen LogP) is 0.820. The van der Waals surface area contributed by atoms with Gasteiger partial charge in [-0.3, -0.25) is 0 Å². The Bertz CT molecular complexity index is 120. The molecule has 3 nitrogen and oxygen atoms in total. The van der Waals surface area contributed by atoms with E-state index in [1.807, 2.05) is 0 Å². The van der Waals surface area contributed by atoms with Gasteiger partial charge in [0.25, 0.3) is 0 Å².